The van der Waals surface area contributed by atoms with E-state index in [4.69, 9.17) is 4.74 Å². The number of nitrogens with zero attached hydrogens (tertiary/aromatic N) is 5. The smallest absolute Gasteiger partial charge is 0.411 e. The molecule has 4 rings (SSSR count). The number of nitrogens with one attached hydrogen (secondary N) is 1. The maximum atomic E-state index is 13.6. The molecule has 1 aliphatic rings. The van der Waals surface area contributed by atoms with Gasteiger partial charge in [0, 0.05) is 19.3 Å². The number of aromatic nitrogens is 3. The molecule has 9 nitrogen and oxygen atoms in total. The van der Waals surface area contributed by atoms with Gasteiger partial charge in [-0.25, -0.2) is 19.2 Å². The number of pyridine rings is 1. The molecule has 0 spiro atoms. The van der Waals surface area contributed by atoms with Gasteiger partial charge in [-0.15, -0.1) is 11.3 Å². The second-order valence-electron chi connectivity index (χ2n) is 9.42. The van der Waals surface area contributed by atoms with Crippen molar-refractivity contribution in [3.05, 3.63) is 47.0 Å². The van der Waals surface area contributed by atoms with Gasteiger partial charge in [0.25, 0.3) is 5.91 Å². The SMILES string of the molecule is C[C@H](Nc1nc(C(=O)N2CCN(C(=O)OCC(C)(C)C)C2)c2sccc2n1)c1cncc(F)c1. The number of carbonyl (C=O) groups excluding carboxylic acids is 2. The van der Waals surface area contributed by atoms with E-state index in [1.165, 1.54) is 22.3 Å². The normalized spacial score (nSPS) is 15.0. The van der Waals surface area contributed by atoms with Crippen molar-refractivity contribution in [2.24, 2.45) is 5.41 Å². The molecule has 11 heteroatoms. The number of fused-ring (bicyclic) bond motifs is 1. The third-order valence-electron chi connectivity index (χ3n) is 5.23. The van der Waals surface area contributed by atoms with Crippen molar-refractivity contribution in [1.29, 1.82) is 0 Å². The van der Waals surface area contributed by atoms with E-state index < -0.39 is 11.9 Å². The van der Waals surface area contributed by atoms with Crippen LogP contribution in [-0.4, -0.2) is 63.1 Å². The minimum atomic E-state index is -0.436. The van der Waals surface area contributed by atoms with Crippen molar-refractivity contribution in [2.75, 3.05) is 31.7 Å². The highest BCUT2D eigenvalue weighted by molar-refractivity contribution is 7.17. The predicted octanol–water partition coefficient (Wildman–Crippen LogP) is 4.30. The number of amides is 2. The Morgan fingerprint density at radius 1 is 1.24 bits per heavy atom. The molecule has 34 heavy (non-hydrogen) atoms. The fourth-order valence-electron chi connectivity index (χ4n) is 3.44. The molecule has 0 aliphatic carbocycles. The summed E-state index contributed by atoms with van der Waals surface area (Å²) in [5.74, 6) is -0.466. The topological polar surface area (TPSA) is 101 Å². The Bertz CT molecular complexity index is 1210. The average Bonchev–Trinajstić information content (AvgIpc) is 3.46. The first-order valence-electron chi connectivity index (χ1n) is 10.9. The van der Waals surface area contributed by atoms with E-state index in [9.17, 15) is 14.0 Å². The highest BCUT2D eigenvalue weighted by Crippen LogP contribution is 2.27. The van der Waals surface area contributed by atoms with Crippen LogP contribution in [0.5, 0.6) is 0 Å². The van der Waals surface area contributed by atoms with Crippen LogP contribution in [-0.2, 0) is 4.74 Å². The van der Waals surface area contributed by atoms with Crippen molar-refractivity contribution in [3.8, 4) is 0 Å². The van der Waals surface area contributed by atoms with Crippen molar-refractivity contribution >= 4 is 39.5 Å². The van der Waals surface area contributed by atoms with Gasteiger partial charge in [-0.05, 0) is 35.4 Å². The van der Waals surface area contributed by atoms with Crippen molar-refractivity contribution in [1.82, 2.24) is 24.8 Å². The molecule has 3 aromatic heterocycles. The fraction of sp³-hybridized carbons (Fsp3) is 0.435. The third kappa shape index (κ3) is 5.41. The Morgan fingerprint density at radius 2 is 2.00 bits per heavy atom. The molecular formula is C23H27FN6O3S. The number of thiophene rings is 1. The summed E-state index contributed by atoms with van der Waals surface area (Å²) in [6.45, 7) is 8.99. The summed E-state index contributed by atoms with van der Waals surface area (Å²) in [6.07, 6.45) is 2.26. The van der Waals surface area contributed by atoms with Crippen LogP contribution >= 0.6 is 11.3 Å². The van der Waals surface area contributed by atoms with Gasteiger partial charge in [0.15, 0.2) is 5.69 Å². The number of hydrogen-bond acceptors (Lipinski definition) is 8. The second-order valence-corrected chi connectivity index (χ2v) is 10.3. The molecular weight excluding hydrogens is 459 g/mol. The Morgan fingerprint density at radius 3 is 2.74 bits per heavy atom. The minimum Gasteiger partial charge on any atom is -0.449 e. The Kier molecular flexibility index (Phi) is 6.65. The van der Waals surface area contributed by atoms with Gasteiger partial charge in [-0.1, -0.05) is 20.8 Å². The summed E-state index contributed by atoms with van der Waals surface area (Å²) in [5.41, 5.74) is 1.39. The molecule has 4 heterocycles. The van der Waals surface area contributed by atoms with E-state index in [0.29, 0.717) is 35.5 Å². The molecule has 2 amide bonds. The quantitative estimate of drug-likeness (QED) is 0.574. The number of hydrogen-bond donors (Lipinski definition) is 1. The van der Waals surface area contributed by atoms with Crippen LogP contribution < -0.4 is 5.32 Å². The molecule has 1 aliphatic heterocycles. The zero-order valence-electron chi connectivity index (χ0n) is 19.5. The molecule has 1 fully saturated rings. The van der Waals surface area contributed by atoms with E-state index in [-0.39, 0.29) is 35.7 Å². The van der Waals surface area contributed by atoms with E-state index in [1.54, 1.807) is 11.1 Å². The number of halogens is 1. The fourth-order valence-corrected chi connectivity index (χ4v) is 4.25. The molecule has 0 unspecified atom stereocenters. The molecule has 0 bridgehead atoms. The molecule has 1 N–H and O–H groups in total. The maximum Gasteiger partial charge on any atom is 0.411 e. The Balaban J connectivity index is 1.51. The Hall–Kier alpha value is -3.34. The standard InChI is InChI=1S/C23H27FN6O3S/c1-14(15-9-16(24)11-25-10-15)26-21-27-17-5-8-34-19(17)18(28-21)20(31)29-6-7-30(13-29)22(32)33-12-23(2,3)4/h5,8-11,14H,6-7,12-13H2,1-4H3,(H,26,27,28)/t14-/m0/s1. The summed E-state index contributed by atoms with van der Waals surface area (Å²) in [7, 11) is 0. The lowest BCUT2D eigenvalue weighted by Crippen LogP contribution is -2.35. The first-order valence-corrected chi connectivity index (χ1v) is 11.8. The van der Waals surface area contributed by atoms with Gasteiger partial charge in [0.2, 0.25) is 5.95 Å². The first kappa shape index (κ1) is 23.8. The third-order valence-corrected chi connectivity index (χ3v) is 6.14. The van der Waals surface area contributed by atoms with Crippen molar-refractivity contribution < 1.29 is 18.7 Å². The van der Waals surface area contributed by atoms with Crippen LogP contribution in [0.15, 0.2) is 29.9 Å². The first-order chi connectivity index (χ1) is 16.1. The average molecular weight is 487 g/mol. The second kappa shape index (κ2) is 9.49. The Labute approximate surface area is 201 Å². The van der Waals surface area contributed by atoms with Crippen LogP contribution in [0, 0.1) is 11.2 Å². The number of anilines is 1. The van der Waals surface area contributed by atoms with E-state index in [2.05, 4.69) is 20.3 Å². The van der Waals surface area contributed by atoms with Crippen molar-refractivity contribution in [3.63, 3.8) is 0 Å². The lowest BCUT2D eigenvalue weighted by molar-refractivity contribution is 0.0663. The monoisotopic (exact) mass is 486 g/mol. The van der Waals surface area contributed by atoms with Gasteiger partial charge in [0.05, 0.1) is 35.7 Å². The van der Waals surface area contributed by atoms with Gasteiger partial charge in [-0.3, -0.25) is 14.7 Å². The van der Waals surface area contributed by atoms with Gasteiger partial charge in [0.1, 0.15) is 5.82 Å². The molecule has 1 saturated heterocycles. The number of carbonyl (C=O) groups is 2. The van der Waals surface area contributed by atoms with Crippen LogP contribution in [0.3, 0.4) is 0 Å². The highest BCUT2D eigenvalue weighted by Gasteiger charge is 2.32. The van der Waals surface area contributed by atoms with E-state index in [1.807, 2.05) is 39.1 Å². The maximum absolute atomic E-state index is 13.6. The van der Waals surface area contributed by atoms with Gasteiger partial charge < -0.3 is 15.0 Å². The van der Waals surface area contributed by atoms with Crippen LogP contribution in [0.25, 0.3) is 10.2 Å². The zero-order valence-corrected chi connectivity index (χ0v) is 20.4. The van der Waals surface area contributed by atoms with Crippen LogP contribution in [0.2, 0.25) is 0 Å². The largest absolute Gasteiger partial charge is 0.449 e. The molecule has 0 aromatic carbocycles. The minimum absolute atomic E-state index is 0.132. The summed E-state index contributed by atoms with van der Waals surface area (Å²) in [5, 5.41) is 4.98. The van der Waals surface area contributed by atoms with Crippen LogP contribution in [0.4, 0.5) is 15.1 Å². The highest BCUT2D eigenvalue weighted by atomic mass is 32.1. The lowest BCUT2D eigenvalue weighted by atomic mass is 9.99. The lowest BCUT2D eigenvalue weighted by Gasteiger charge is -2.22. The van der Waals surface area contributed by atoms with Crippen LogP contribution in [0.1, 0.15) is 49.8 Å². The summed E-state index contributed by atoms with van der Waals surface area (Å²) in [6, 6.07) is 2.87. The zero-order chi connectivity index (χ0) is 24.5. The molecule has 0 radical (unpaired) electrons. The summed E-state index contributed by atoms with van der Waals surface area (Å²) < 4.78 is 19.6. The molecule has 180 valence electrons. The number of ether oxygens (including phenoxy) is 1. The summed E-state index contributed by atoms with van der Waals surface area (Å²) in [4.78, 5) is 41.7. The predicted molar refractivity (Wildman–Crippen MR) is 127 cm³/mol. The van der Waals surface area contributed by atoms with Gasteiger partial charge >= 0.3 is 6.09 Å². The van der Waals surface area contributed by atoms with Gasteiger partial charge in [-0.2, -0.15) is 0 Å². The number of rotatable bonds is 5. The molecule has 3 aromatic rings. The molecule has 0 saturated carbocycles. The molecule has 1 atom stereocenters. The summed E-state index contributed by atoms with van der Waals surface area (Å²) >= 11 is 1.38. The van der Waals surface area contributed by atoms with E-state index >= 15 is 0 Å². The van der Waals surface area contributed by atoms with E-state index in [0.717, 1.165) is 6.20 Å². The van der Waals surface area contributed by atoms with Crippen molar-refractivity contribution in [2.45, 2.75) is 33.7 Å².